The SMILES string of the molecule is CC(C)C[n+]1c(S)[nH]c2ccccc21. The number of hydrogen-bond acceptors (Lipinski definition) is 1. The van der Waals surface area contributed by atoms with Crippen molar-refractivity contribution in [3.05, 3.63) is 24.3 Å². The van der Waals surface area contributed by atoms with Crippen LogP contribution in [0.25, 0.3) is 11.0 Å². The quantitative estimate of drug-likeness (QED) is 0.557. The van der Waals surface area contributed by atoms with Crippen molar-refractivity contribution in [3.63, 3.8) is 0 Å². The Morgan fingerprint density at radius 1 is 1.36 bits per heavy atom. The van der Waals surface area contributed by atoms with E-state index in [1.807, 2.05) is 6.07 Å². The number of hydrogen-bond donors (Lipinski definition) is 2. The van der Waals surface area contributed by atoms with Crippen LogP contribution in [0, 0.1) is 5.92 Å². The standard InChI is InChI=1S/C11H14N2S/c1-8(2)7-13-10-6-4-3-5-9(10)12-11(13)14/h3-6,8H,7H2,1-2H3,(H,12,14)/p+1. The lowest BCUT2D eigenvalue weighted by Crippen LogP contribution is -2.36. The highest BCUT2D eigenvalue weighted by molar-refractivity contribution is 7.80. The van der Waals surface area contributed by atoms with Crippen LogP contribution in [0.15, 0.2) is 29.4 Å². The molecule has 2 rings (SSSR count). The van der Waals surface area contributed by atoms with Gasteiger partial charge in [-0.2, -0.15) is 0 Å². The highest BCUT2D eigenvalue weighted by atomic mass is 32.1. The third kappa shape index (κ3) is 1.64. The predicted molar refractivity (Wildman–Crippen MR) is 60.6 cm³/mol. The Morgan fingerprint density at radius 2 is 2.07 bits per heavy atom. The summed E-state index contributed by atoms with van der Waals surface area (Å²) in [6.07, 6.45) is 0. The minimum absolute atomic E-state index is 0.630. The zero-order chi connectivity index (χ0) is 10.1. The van der Waals surface area contributed by atoms with Crippen LogP contribution < -0.4 is 4.57 Å². The number of aromatic amines is 1. The van der Waals surface area contributed by atoms with Crippen molar-refractivity contribution in [1.29, 1.82) is 0 Å². The summed E-state index contributed by atoms with van der Waals surface area (Å²) in [4.78, 5) is 3.26. The van der Waals surface area contributed by atoms with Gasteiger partial charge in [-0.05, 0) is 18.1 Å². The van der Waals surface area contributed by atoms with E-state index in [9.17, 15) is 0 Å². The molecule has 0 aliphatic heterocycles. The number of fused-ring (bicyclic) bond motifs is 1. The molecule has 3 heteroatoms. The molecule has 14 heavy (non-hydrogen) atoms. The van der Waals surface area contributed by atoms with Gasteiger partial charge in [0.1, 0.15) is 0 Å². The molecule has 1 N–H and O–H groups in total. The molecule has 2 aromatic rings. The van der Waals surface area contributed by atoms with Gasteiger partial charge in [0, 0.05) is 0 Å². The molecule has 1 heterocycles. The van der Waals surface area contributed by atoms with Gasteiger partial charge in [-0.25, -0.2) is 9.55 Å². The number of imidazole rings is 1. The van der Waals surface area contributed by atoms with Crippen LogP contribution in [0.4, 0.5) is 0 Å². The van der Waals surface area contributed by atoms with Gasteiger partial charge < -0.3 is 0 Å². The smallest absolute Gasteiger partial charge is 0.231 e. The van der Waals surface area contributed by atoms with Crippen molar-refractivity contribution in [1.82, 2.24) is 4.98 Å². The molecule has 0 aliphatic carbocycles. The lowest BCUT2D eigenvalue weighted by atomic mass is 10.2. The number of rotatable bonds is 2. The first-order valence-corrected chi connectivity index (χ1v) is 5.32. The molecule has 0 saturated carbocycles. The molecule has 0 atom stereocenters. The minimum atomic E-state index is 0.630. The van der Waals surface area contributed by atoms with E-state index in [4.69, 9.17) is 0 Å². The van der Waals surface area contributed by atoms with Crippen molar-refractivity contribution in [3.8, 4) is 0 Å². The van der Waals surface area contributed by atoms with Crippen molar-refractivity contribution >= 4 is 23.7 Å². The third-order valence-electron chi connectivity index (χ3n) is 2.24. The van der Waals surface area contributed by atoms with E-state index in [-0.39, 0.29) is 0 Å². The van der Waals surface area contributed by atoms with Gasteiger partial charge in [0.05, 0.1) is 6.54 Å². The first-order chi connectivity index (χ1) is 6.68. The zero-order valence-electron chi connectivity index (χ0n) is 8.49. The fourth-order valence-electron chi connectivity index (χ4n) is 1.67. The Morgan fingerprint density at radius 3 is 2.79 bits per heavy atom. The topological polar surface area (TPSA) is 19.7 Å². The van der Waals surface area contributed by atoms with Crippen LogP contribution >= 0.6 is 12.6 Å². The molecule has 0 aliphatic rings. The van der Waals surface area contributed by atoms with Gasteiger partial charge in [-0.15, -0.1) is 0 Å². The van der Waals surface area contributed by atoms with E-state index in [1.165, 1.54) is 5.52 Å². The van der Waals surface area contributed by atoms with E-state index < -0.39 is 0 Å². The minimum Gasteiger partial charge on any atom is -0.231 e. The molecule has 1 aromatic carbocycles. The molecule has 1 aromatic heterocycles. The molecular formula is C11H15N2S+. The molecule has 0 radical (unpaired) electrons. The molecule has 74 valence electrons. The van der Waals surface area contributed by atoms with Crippen LogP contribution in [0.2, 0.25) is 0 Å². The van der Waals surface area contributed by atoms with E-state index >= 15 is 0 Å². The van der Waals surface area contributed by atoms with Gasteiger partial charge in [0.2, 0.25) is 0 Å². The molecular weight excluding hydrogens is 192 g/mol. The number of thiol groups is 1. The van der Waals surface area contributed by atoms with Gasteiger partial charge in [0.25, 0.3) is 0 Å². The van der Waals surface area contributed by atoms with Gasteiger partial charge >= 0.3 is 5.16 Å². The molecule has 0 saturated heterocycles. The second-order valence-corrected chi connectivity index (χ2v) is 4.39. The van der Waals surface area contributed by atoms with Crippen molar-refractivity contribution in [2.45, 2.75) is 25.5 Å². The van der Waals surface area contributed by atoms with Crippen molar-refractivity contribution < 1.29 is 4.57 Å². The molecule has 0 amide bonds. The molecule has 0 spiro atoms. The first kappa shape index (κ1) is 9.59. The summed E-state index contributed by atoms with van der Waals surface area (Å²) < 4.78 is 2.21. The molecule has 0 bridgehead atoms. The van der Waals surface area contributed by atoms with Crippen LogP contribution in [0.3, 0.4) is 0 Å². The second kappa shape index (κ2) is 3.65. The highest BCUT2D eigenvalue weighted by Gasteiger charge is 2.15. The average molecular weight is 207 g/mol. The first-order valence-electron chi connectivity index (χ1n) is 4.88. The van der Waals surface area contributed by atoms with Crippen molar-refractivity contribution in [2.75, 3.05) is 0 Å². The summed E-state index contributed by atoms with van der Waals surface area (Å²) in [6.45, 7) is 5.42. The van der Waals surface area contributed by atoms with Crippen LogP contribution in [0.5, 0.6) is 0 Å². The number of nitrogens with zero attached hydrogens (tertiary/aromatic N) is 1. The summed E-state index contributed by atoms with van der Waals surface area (Å²) in [5.74, 6) is 0.630. The fraction of sp³-hybridized carbons (Fsp3) is 0.364. The van der Waals surface area contributed by atoms with E-state index in [1.54, 1.807) is 0 Å². The maximum absolute atomic E-state index is 4.44. The summed E-state index contributed by atoms with van der Waals surface area (Å²) in [6, 6.07) is 8.28. The Balaban J connectivity index is 2.56. The second-order valence-electron chi connectivity index (χ2n) is 3.97. The maximum Gasteiger partial charge on any atom is 0.313 e. The largest absolute Gasteiger partial charge is 0.313 e. The van der Waals surface area contributed by atoms with Crippen molar-refractivity contribution in [2.24, 2.45) is 5.92 Å². The number of nitrogens with one attached hydrogen (secondary N) is 1. The maximum atomic E-state index is 4.44. The number of H-pyrrole nitrogens is 1. The summed E-state index contributed by atoms with van der Waals surface area (Å²) in [5.41, 5.74) is 2.38. The highest BCUT2D eigenvalue weighted by Crippen LogP contribution is 2.11. The Bertz CT molecular complexity index is 445. The summed E-state index contributed by atoms with van der Waals surface area (Å²) in [5, 5.41) is 0.930. The van der Waals surface area contributed by atoms with Crippen LogP contribution in [-0.4, -0.2) is 4.98 Å². The molecule has 0 unspecified atom stereocenters. The fourth-order valence-corrected chi connectivity index (χ4v) is 1.98. The molecule has 0 fully saturated rings. The lowest BCUT2D eigenvalue weighted by molar-refractivity contribution is -0.713. The van der Waals surface area contributed by atoms with E-state index in [0.717, 1.165) is 17.2 Å². The van der Waals surface area contributed by atoms with E-state index in [2.05, 4.69) is 54.2 Å². The van der Waals surface area contributed by atoms with Crippen LogP contribution in [0.1, 0.15) is 13.8 Å². The van der Waals surface area contributed by atoms with Gasteiger partial charge in [-0.3, -0.25) is 0 Å². The average Bonchev–Trinajstić information content (AvgIpc) is 2.43. The van der Waals surface area contributed by atoms with Crippen LogP contribution in [-0.2, 0) is 6.54 Å². The number of aromatic nitrogens is 2. The lowest BCUT2D eigenvalue weighted by Gasteiger charge is -2.01. The van der Waals surface area contributed by atoms with E-state index in [0.29, 0.717) is 5.92 Å². The zero-order valence-corrected chi connectivity index (χ0v) is 9.38. The van der Waals surface area contributed by atoms with Gasteiger partial charge in [0.15, 0.2) is 11.0 Å². The predicted octanol–water partition coefficient (Wildman–Crippen LogP) is 2.40. The molecule has 2 nitrogen and oxygen atoms in total. The third-order valence-corrected chi connectivity index (χ3v) is 2.60. The summed E-state index contributed by atoms with van der Waals surface area (Å²) in [7, 11) is 0. The summed E-state index contributed by atoms with van der Waals surface area (Å²) >= 11 is 4.44. The Hall–Kier alpha value is -0.960. The monoisotopic (exact) mass is 207 g/mol. The Labute approximate surface area is 89.4 Å². The number of benzene rings is 1. The normalized spacial score (nSPS) is 11.4. The van der Waals surface area contributed by atoms with Gasteiger partial charge in [-0.1, -0.05) is 38.6 Å². The number of para-hydroxylation sites is 2. The Kier molecular flexibility index (Phi) is 2.50.